The molecule has 2 heterocycles. The van der Waals surface area contributed by atoms with Crippen LogP contribution in [0.5, 0.6) is 0 Å². The minimum Gasteiger partial charge on any atom is -0.371 e. The first-order valence-electron chi connectivity index (χ1n) is 20.1. The lowest BCUT2D eigenvalue weighted by atomic mass is 10.0. The van der Waals surface area contributed by atoms with Gasteiger partial charge < -0.3 is 42.0 Å². The van der Waals surface area contributed by atoms with Crippen molar-refractivity contribution in [2.45, 2.75) is 108 Å². The maximum atomic E-state index is 14.4. The molecule has 57 heavy (non-hydrogen) atoms. The van der Waals surface area contributed by atoms with Crippen LogP contribution >= 0.6 is 0 Å². The molecule has 1 saturated heterocycles. The fourth-order valence-electron chi connectivity index (χ4n) is 7.00. The van der Waals surface area contributed by atoms with Gasteiger partial charge in [0.1, 0.15) is 24.2 Å². The molecule has 1 fully saturated rings. The molecule has 1 aliphatic heterocycles. The summed E-state index contributed by atoms with van der Waals surface area (Å²) in [5.41, 5.74) is 9.23. The van der Waals surface area contributed by atoms with Crippen molar-refractivity contribution in [2.24, 2.45) is 5.73 Å². The van der Waals surface area contributed by atoms with Crippen molar-refractivity contribution in [2.75, 3.05) is 13.1 Å². The van der Waals surface area contributed by atoms with Crippen LogP contribution in [0.3, 0.4) is 0 Å². The molecule has 1 aliphatic rings. The molecule has 0 aliphatic carbocycles. The highest BCUT2D eigenvalue weighted by atomic mass is 16.5. The van der Waals surface area contributed by atoms with Crippen LogP contribution < -0.4 is 32.3 Å². The van der Waals surface area contributed by atoms with E-state index in [1.165, 1.54) is 0 Å². The van der Waals surface area contributed by atoms with E-state index in [4.69, 9.17) is 10.5 Å². The number of aromatic amines is 1. The van der Waals surface area contributed by atoms with E-state index < -0.39 is 53.9 Å². The number of hydrogen-bond acceptors (Lipinski definition) is 7. The summed E-state index contributed by atoms with van der Waals surface area (Å²) in [6.07, 6.45) is 5.76. The van der Waals surface area contributed by atoms with Crippen LogP contribution in [0.25, 0.3) is 10.9 Å². The number of hydrogen-bond donors (Lipinski definition) is 7. The molecule has 0 bridgehead atoms. The second kappa shape index (κ2) is 22.3. The number of amides is 5. The van der Waals surface area contributed by atoms with E-state index in [0.29, 0.717) is 38.8 Å². The van der Waals surface area contributed by atoms with Crippen molar-refractivity contribution in [1.82, 2.24) is 31.6 Å². The Hall–Kier alpha value is -5.53. The van der Waals surface area contributed by atoms with E-state index in [1.54, 1.807) is 13.1 Å². The fourth-order valence-corrected chi connectivity index (χ4v) is 7.00. The normalized spacial score (nSPS) is 21.4. The molecule has 0 radical (unpaired) electrons. The maximum Gasteiger partial charge on any atom is 0.245 e. The molecular weight excluding hydrogens is 723 g/mol. The Kier molecular flexibility index (Phi) is 16.6. The number of fused-ring (bicyclic) bond motifs is 1. The fraction of sp³-hybridized carbons (Fsp3) is 0.432. The number of carbonyl (C=O) groups is 5. The number of aromatic nitrogens is 1. The quantitative estimate of drug-likeness (QED) is 0.107. The number of unbranched alkanes of at least 4 members (excludes halogenated alkanes) is 1. The van der Waals surface area contributed by atoms with E-state index in [1.807, 2.05) is 84.9 Å². The van der Waals surface area contributed by atoms with Crippen LogP contribution in [-0.4, -0.2) is 77.9 Å². The highest BCUT2D eigenvalue weighted by Gasteiger charge is 2.34. The van der Waals surface area contributed by atoms with Gasteiger partial charge in [-0.25, -0.2) is 0 Å². The van der Waals surface area contributed by atoms with Crippen LogP contribution in [0.2, 0.25) is 0 Å². The standard InChI is InChI=1S/C44H57N7O6/c1-30(57-29-32-18-8-5-9-19-32)40-44(56)46-25-15-3-2-10-23-39(52)48-37(26-31-16-6-4-7-17-31)42(54)50-38(27-33-28-47-35-21-12-11-20-34(33)35)43(55)49-36(41(53)51-40)22-13-14-24-45/h4-9,11-12,16-21,28,30,36-38,40,47H,2-3,10,13-15,22-27,29,45H2,1H3,(H,46,56)(H,48,52)(H,49,55)(H,50,54)(H,51,53)/t30-,36+,37+,38?,40+/m1/s1. The molecule has 13 heteroatoms. The van der Waals surface area contributed by atoms with Gasteiger partial charge in [-0.2, -0.15) is 0 Å². The predicted octanol–water partition coefficient (Wildman–Crippen LogP) is 3.71. The van der Waals surface area contributed by atoms with Crippen molar-refractivity contribution >= 4 is 40.4 Å². The zero-order valence-electron chi connectivity index (χ0n) is 32.8. The van der Waals surface area contributed by atoms with Crippen LogP contribution in [0, 0.1) is 0 Å². The first-order chi connectivity index (χ1) is 27.7. The third-order valence-corrected chi connectivity index (χ3v) is 10.3. The maximum absolute atomic E-state index is 14.4. The summed E-state index contributed by atoms with van der Waals surface area (Å²) < 4.78 is 6.12. The second-order valence-corrected chi connectivity index (χ2v) is 14.7. The number of para-hydroxylation sites is 1. The van der Waals surface area contributed by atoms with Gasteiger partial charge in [0.15, 0.2) is 0 Å². The Morgan fingerprint density at radius 2 is 1.30 bits per heavy atom. The Bertz CT molecular complexity index is 1900. The molecule has 3 aromatic carbocycles. The van der Waals surface area contributed by atoms with Gasteiger partial charge >= 0.3 is 0 Å². The predicted molar refractivity (Wildman–Crippen MR) is 220 cm³/mol. The van der Waals surface area contributed by atoms with Crippen LogP contribution in [0.15, 0.2) is 91.1 Å². The minimum absolute atomic E-state index is 0.0973. The smallest absolute Gasteiger partial charge is 0.245 e. The van der Waals surface area contributed by atoms with Gasteiger partial charge in [0.2, 0.25) is 29.5 Å². The molecule has 5 amide bonds. The van der Waals surface area contributed by atoms with Gasteiger partial charge in [0.25, 0.3) is 0 Å². The minimum atomic E-state index is -1.13. The Balaban J connectivity index is 1.45. The third-order valence-electron chi connectivity index (χ3n) is 10.3. The van der Waals surface area contributed by atoms with Gasteiger partial charge in [0, 0.05) is 42.9 Å². The van der Waals surface area contributed by atoms with Gasteiger partial charge in [-0.3, -0.25) is 24.0 Å². The molecule has 0 spiro atoms. The lowest BCUT2D eigenvalue weighted by Gasteiger charge is -2.29. The van der Waals surface area contributed by atoms with Crippen molar-refractivity contribution in [3.8, 4) is 0 Å². The Morgan fingerprint density at radius 1 is 0.667 bits per heavy atom. The number of nitrogens with two attached hydrogens (primary N) is 1. The van der Waals surface area contributed by atoms with E-state index in [9.17, 15) is 24.0 Å². The van der Waals surface area contributed by atoms with Gasteiger partial charge in [-0.05, 0) is 68.3 Å². The summed E-state index contributed by atoms with van der Waals surface area (Å²) in [4.78, 5) is 73.0. The number of carbonyl (C=O) groups excluding carboxylic acids is 5. The topological polar surface area (TPSA) is 197 Å². The lowest BCUT2D eigenvalue weighted by Crippen LogP contribution is -2.60. The average Bonchev–Trinajstić information content (AvgIpc) is 3.63. The van der Waals surface area contributed by atoms with E-state index >= 15 is 0 Å². The Morgan fingerprint density at radius 3 is 2.04 bits per heavy atom. The molecule has 1 aromatic heterocycles. The number of ether oxygens (including phenoxy) is 1. The number of rotatable bonds is 12. The van der Waals surface area contributed by atoms with Crippen LogP contribution in [0.4, 0.5) is 0 Å². The largest absolute Gasteiger partial charge is 0.371 e. The molecular formula is C44H57N7O6. The Labute approximate surface area is 334 Å². The lowest BCUT2D eigenvalue weighted by molar-refractivity contribution is -0.136. The summed E-state index contributed by atoms with van der Waals surface area (Å²) in [5.74, 6) is -2.34. The highest BCUT2D eigenvalue weighted by Crippen LogP contribution is 2.20. The molecule has 5 rings (SSSR count). The molecule has 1 unspecified atom stereocenters. The molecule has 0 saturated carbocycles. The first kappa shape index (κ1) is 42.6. The number of H-pyrrole nitrogens is 1. The van der Waals surface area contributed by atoms with E-state index in [2.05, 4.69) is 31.6 Å². The van der Waals surface area contributed by atoms with Crippen LogP contribution in [0.1, 0.15) is 75.0 Å². The van der Waals surface area contributed by atoms with Crippen molar-refractivity contribution in [3.63, 3.8) is 0 Å². The van der Waals surface area contributed by atoms with Gasteiger partial charge in [0.05, 0.1) is 12.7 Å². The summed E-state index contributed by atoms with van der Waals surface area (Å²) in [6.45, 7) is 2.73. The molecule has 304 valence electrons. The van der Waals surface area contributed by atoms with Crippen molar-refractivity contribution in [1.29, 1.82) is 0 Å². The monoisotopic (exact) mass is 779 g/mol. The number of nitrogens with one attached hydrogen (secondary N) is 6. The SMILES string of the molecule is C[C@@H](OCc1ccccc1)[C@@H]1NC(=O)[C@H](CCCCN)NC(=O)C(Cc2c[nH]c3ccccc23)NC(=O)[C@H](Cc2ccccc2)NC(=O)CCCCCCNC1=O. The van der Waals surface area contributed by atoms with Gasteiger partial charge in [-0.15, -0.1) is 0 Å². The van der Waals surface area contributed by atoms with Gasteiger partial charge in [-0.1, -0.05) is 91.7 Å². The number of benzene rings is 3. The molecule has 8 N–H and O–H groups in total. The summed E-state index contributed by atoms with van der Waals surface area (Å²) in [7, 11) is 0. The summed E-state index contributed by atoms with van der Waals surface area (Å²) >= 11 is 0. The summed E-state index contributed by atoms with van der Waals surface area (Å²) in [5, 5.41) is 15.5. The van der Waals surface area contributed by atoms with E-state index in [0.717, 1.165) is 40.4 Å². The summed E-state index contributed by atoms with van der Waals surface area (Å²) in [6, 6.07) is 22.4. The average molecular weight is 780 g/mol. The molecule has 13 nitrogen and oxygen atoms in total. The van der Waals surface area contributed by atoms with Crippen LogP contribution in [-0.2, 0) is 48.2 Å². The van der Waals surface area contributed by atoms with E-state index in [-0.39, 0.29) is 38.2 Å². The third kappa shape index (κ3) is 13.3. The highest BCUT2D eigenvalue weighted by molar-refractivity contribution is 5.96. The zero-order valence-corrected chi connectivity index (χ0v) is 32.8. The van der Waals surface area contributed by atoms with Crippen molar-refractivity contribution in [3.05, 3.63) is 108 Å². The van der Waals surface area contributed by atoms with Crippen molar-refractivity contribution < 1.29 is 28.7 Å². The second-order valence-electron chi connectivity index (χ2n) is 14.7. The molecule has 4 aromatic rings. The zero-order chi connectivity index (χ0) is 40.4. The first-order valence-corrected chi connectivity index (χ1v) is 20.1. The molecule has 5 atom stereocenters.